The number of para-hydroxylation sites is 1. The number of hydrogen-bond acceptors (Lipinski definition) is 3. The molecule has 108 valence electrons. The Labute approximate surface area is 117 Å². The van der Waals surface area contributed by atoms with Crippen molar-refractivity contribution >= 4 is 0 Å². The number of phenolic OH excluding ortho intramolecular Hbond substituents is 1. The molecule has 3 nitrogen and oxygen atoms in total. The molecule has 0 bridgehead atoms. The third-order valence-electron chi connectivity index (χ3n) is 3.25. The van der Waals surface area contributed by atoms with Gasteiger partial charge in [-0.05, 0) is 18.9 Å². The zero-order valence-electron chi connectivity index (χ0n) is 12.4. The van der Waals surface area contributed by atoms with Gasteiger partial charge in [-0.2, -0.15) is 0 Å². The van der Waals surface area contributed by atoms with E-state index in [9.17, 15) is 5.11 Å². The number of unbranched alkanes of at least 4 members (excludes halogenated alkanes) is 3. The Kier molecular flexibility index (Phi) is 8.26. The molecule has 0 radical (unpaired) electrons. The number of benzene rings is 1. The average Bonchev–Trinajstić information content (AvgIpc) is 2.43. The molecule has 0 fully saturated rings. The van der Waals surface area contributed by atoms with Crippen LogP contribution in [0.25, 0.3) is 0 Å². The van der Waals surface area contributed by atoms with Crippen molar-refractivity contribution in [2.24, 2.45) is 0 Å². The molecule has 0 spiro atoms. The van der Waals surface area contributed by atoms with Gasteiger partial charge in [0.1, 0.15) is 5.75 Å². The van der Waals surface area contributed by atoms with Crippen molar-refractivity contribution in [3.8, 4) is 5.75 Å². The topological polar surface area (TPSA) is 35.5 Å². The predicted octanol–water partition coefficient (Wildman–Crippen LogP) is 3.69. The van der Waals surface area contributed by atoms with Crippen LogP contribution in [0.5, 0.6) is 5.75 Å². The summed E-state index contributed by atoms with van der Waals surface area (Å²) in [5.41, 5.74) is 4.47. The molecule has 3 heteroatoms. The molecular formula is C16H28N2O. The molecule has 0 heterocycles. The van der Waals surface area contributed by atoms with E-state index in [1.165, 1.54) is 32.1 Å². The summed E-state index contributed by atoms with van der Waals surface area (Å²) in [5.74, 6) is 0.388. The minimum Gasteiger partial charge on any atom is -0.508 e. The first kappa shape index (κ1) is 16.0. The third-order valence-corrected chi connectivity index (χ3v) is 3.25. The Bertz CT molecular complexity index is 341. The van der Waals surface area contributed by atoms with Gasteiger partial charge in [-0.1, -0.05) is 51.3 Å². The Morgan fingerprint density at radius 3 is 2.47 bits per heavy atom. The molecule has 1 aromatic carbocycles. The van der Waals surface area contributed by atoms with Gasteiger partial charge < -0.3 is 5.11 Å². The summed E-state index contributed by atoms with van der Waals surface area (Å²) in [6.07, 6.45) is 6.09. The Balaban J connectivity index is 2.46. The quantitative estimate of drug-likeness (QED) is 0.500. The maximum absolute atomic E-state index is 9.84. The smallest absolute Gasteiger partial charge is 0.120 e. The molecule has 0 unspecified atom stereocenters. The Morgan fingerprint density at radius 1 is 1.05 bits per heavy atom. The van der Waals surface area contributed by atoms with Crippen molar-refractivity contribution in [2.45, 2.75) is 52.5 Å². The summed E-state index contributed by atoms with van der Waals surface area (Å²) in [4.78, 5) is 0. The SMILES string of the molecule is CCCCCNN(CCCC)Cc1ccccc1O. The van der Waals surface area contributed by atoms with Gasteiger partial charge in [-0.25, -0.2) is 5.01 Å². The zero-order chi connectivity index (χ0) is 13.9. The van der Waals surface area contributed by atoms with Crippen molar-refractivity contribution in [2.75, 3.05) is 13.1 Å². The van der Waals surface area contributed by atoms with E-state index in [0.717, 1.165) is 25.2 Å². The van der Waals surface area contributed by atoms with Gasteiger partial charge in [0.15, 0.2) is 0 Å². The number of aromatic hydroxyl groups is 1. The first-order valence-electron chi connectivity index (χ1n) is 7.53. The van der Waals surface area contributed by atoms with E-state index in [-0.39, 0.29) is 0 Å². The van der Waals surface area contributed by atoms with E-state index in [1.807, 2.05) is 18.2 Å². The summed E-state index contributed by atoms with van der Waals surface area (Å²) >= 11 is 0. The highest BCUT2D eigenvalue weighted by atomic mass is 16.3. The van der Waals surface area contributed by atoms with Gasteiger partial charge in [0, 0.05) is 25.2 Å². The van der Waals surface area contributed by atoms with Gasteiger partial charge in [-0.3, -0.25) is 5.43 Å². The summed E-state index contributed by atoms with van der Waals surface area (Å²) in [7, 11) is 0. The second-order valence-corrected chi connectivity index (χ2v) is 5.02. The molecule has 0 saturated heterocycles. The number of nitrogens with zero attached hydrogens (tertiary/aromatic N) is 1. The van der Waals surface area contributed by atoms with Crippen LogP contribution in [0.1, 0.15) is 51.5 Å². The normalized spacial score (nSPS) is 11.1. The van der Waals surface area contributed by atoms with Crippen LogP contribution < -0.4 is 5.43 Å². The van der Waals surface area contributed by atoms with E-state index in [0.29, 0.717) is 5.75 Å². The second-order valence-electron chi connectivity index (χ2n) is 5.02. The van der Waals surface area contributed by atoms with Gasteiger partial charge in [0.25, 0.3) is 0 Å². The summed E-state index contributed by atoms with van der Waals surface area (Å²) in [5, 5.41) is 12.1. The lowest BCUT2D eigenvalue weighted by molar-refractivity contribution is 0.172. The number of phenols is 1. The van der Waals surface area contributed by atoms with Crippen LogP contribution in [0.4, 0.5) is 0 Å². The highest BCUT2D eigenvalue weighted by molar-refractivity contribution is 5.31. The molecule has 0 atom stereocenters. The molecule has 0 aliphatic rings. The maximum Gasteiger partial charge on any atom is 0.120 e. The Morgan fingerprint density at radius 2 is 1.79 bits per heavy atom. The lowest BCUT2D eigenvalue weighted by Crippen LogP contribution is -2.38. The predicted molar refractivity (Wildman–Crippen MR) is 81.0 cm³/mol. The maximum atomic E-state index is 9.84. The highest BCUT2D eigenvalue weighted by Gasteiger charge is 2.07. The molecule has 19 heavy (non-hydrogen) atoms. The summed E-state index contributed by atoms with van der Waals surface area (Å²) < 4.78 is 0. The van der Waals surface area contributed by atoms with Gasteiger partial charge in [0.2, 0.25) is 0 Å². The molecule has 0 aliphatic carbocycles. The Hall–Kier alpha value is -1.06. The lowest BCUT2D eigenvalue weighted by atomic mass is 10.2. The van der Waals surface area contributed by atoms with Crippen molar-refractivity contribution < 1.29 is 5.11 Å². The van der Waals surface area contributed by atoms with E-state index < -0.39 is 0 Å². The number of hydrogen-bond donors (Lipinski definition) is 2. The van der Waals surface area contributed by atoms with E-state index in [4.69, 9.17) is 0 Å². The third kappa shape index (κ3) is 6.60. The van der Waals surface area contributed by atoms with E-state index in [2.05, 4.69) is 24.3 Å². The monoisotopic (exact) mass is 264 g/mol. The lowest BCUT2D eigenvalue weighted by Gasteiger charge is -2.23. The van der Waals surface area contributed by atoms with Crippen LogP contribution in [0.3, 0.4) is 0 Å². The van der Waals surface area contributed by atoms with Crippen LogP contribution in [0.15, 0.2) is 24.3 Å². The summed E-state index contributed by atoms with van der Waals surface area (Å²) in [6.45, 7) is 7.23. The first-order chi connectivity index (χ1) is 9.27. The number of hydrazine groups is 1. The molecule has 1 aromatic rings. The molecule has 2 N–H and O–H groups in total. The van der Waals surface area contributed by atoms with E-state index in [1.54, 1.807) is 6.07 Å². The fourth-order valence-corrected chi connectivity index (χ4v) is 2.03. The molecular weight excluding hydrogens is 236 g/mol. The largest absolute Gasteiger partial charge is 0.508 e. The van der Waals surface area contributed by atoms with Crippen molar-refractivity contribution in [1.29, 1.82) is 0 Å². The van der Waals surface area contributed by atoms with Crippen molar-refractivity contribution in [3.63, 3.8) is 0 Å². The first-order valence-corrected chi connectivity index (χ1v) is 7.53. The van der Waals surface area contributed by atoms with Gasteiger partial charge in [-0.15, -0.1) is 0 Å². The minimum atomic E-state index is 0.388. The van der Waals surface area contributed by atoms with Crippen LogP contribution in [0.2, 0.25) is 0 Å². The molecule has 1 rings (SSSR count). The number of nitrogens with one attached hydrogen (secondary N) is 1. The molecule has 0 saturated carbocycles. The van der Waals surface area contributed by atoms with E-state index >= 15 is 0 Å². The van der Waals surface area contributed by atoms with Crippen LogP contribution in [0, 0.1) is 0 Å². The zero-order valence-corrected chi connectivity index (χ0v) is 12.4. The fourth-order valence-electron chi connectivity index (χ4n) is 2.03. The van der Waals surface area contributed by atoms with Crippen LogP contribution >= 0.6 is 0 Å². The molecule has 0 aliphatic heterocycles. The number of rotatable bonds is 10. The van der Waals surface area contributed by atoms with Gasteiger partial charge in [0.05, 0.1) is 0 Å². The second kappa shape index (κ2) is 9.82. The van der Waals surface area contributed by atoms with Crippen LogP contribution in [-0.2, 0) is 6.54 Å². The molecule has 0 aromatic heterocycles. The fraction of sp³-hybridized carbons (Fsp3) is 0.625. The van der Waals surface area contributed by atoms with Crippen LogP contribution in [-0.4, -0.2) is 23.2 Å². The molecule has 0 amide bonds. The summed E-state index contributed by atoms with van der Waals surface area (Å²) in [6, 6.07) is 7.58. The standard InChI is InChI=1S/C16H28N2O/c1-3-5-9-12-17-18(13-6-4-2)14-15-10-7-8-11-16(15)19/h7-8,10-11,17,19H,3-6,9,12-14H2,1-2H3. The highest BCUT2D eigenvalue weighted by Crippen LogP contribution is 2.17. The van der Waals surface area contributed by atoms with Gasteiger partial charge >= 0.3 is 0 Å². The average molecular weight is 264 g/mol. The van der Waals surface area contributed by atoms with Crippen molar-refractivity contribution in [3.05, 3.63) is 29.8 Å². The van der Waals surface area contributed by atoms with Crippen molar-refractivity contribution in [1.82, 2.24) is 10.4 Å². The minimum absolute atomic E-state index is 0.388.